The molecule has 0 bridgehead atoms. The van der Waals surface area contributed by atoms with Crippen molar-refractivity contribution in [1.82, 2.24) is 9.29 Å². The number of amides is 1. The number of fused-ring (bicyclic) bond motifs is 3. The first-order chi connectivity index (χ1) is 14.3. The highest BCUT2D eigenvalue weighted by atomic mass is 32.2. The van der Waals surface area contributed by atoms with Crippen LogP contribution in [0.15, 0.2) is 47.4 Å². The predicted octanol–water partition coefficient (Wildman–Crippen LogP) is 3.64. The molecule has 0 aliphatic heterocycles. The van der Waals surface area contributed by atoms with Gasteiger partial charge < -0.3 is 9.88 Å². The van der Waals surface area contributed by atoms with E-state index in [4.69, 9.17) is 0 Å². The third-order valence-electron chi connectivity index (χ3n) is 5.90. The number of benzene rings is 2. The van der Waals surface area contributed by atoms with Crippen LogP contribution in [0.5, 0.6) is 0 Å². The minimum Gasteiger partial charge on any atom is -0.358 e. The zero-order valence-corrected chi connectivity index (χ0v) is 18.4. The van der Waals surface area contributed by atoms with Gasteiger partial charge in [-0.2, -0.15) is 4.31 Å². The molecular formula is C23H27N3O3S. The molecule has 6 nitrogen and oxygen atoms in total. The lowest BCUT2D eigenvalue weighted by atomic mass is 9.96. The van der Waals surface area contributed by atoms with Crippen LogP contribution in [0.25, 0.3) is 10.9 Å². The van der Waals surface area contributed by atoms with Crippen molar-refractivity contribution in [2.75, 3.05) is 25.5 Å². The van der Waals surface area contributed by atoms with Crippen molar-refractivity contribution in [3.05, 3.63) is 59.3 Å². The van der Waals surface area contributed by atoms with E-state index in [0.29, 0.717) is 0 Å². The first-order valence-electron chi connectivity index (χ1n) is 10.2. The zero-order valence-electron chi connectivity index (χ0n) is 17.6. The molecule has 0 fully saturated rings. The number of anilines is 1. The van der Waals surface area contributed by atoms with Gasteiger partial charge in [-0.25, -0.2) is 8.42 Å². The monoisotopic (exact) mass is 425 g/mol. The Hall–Kier alpha value is -2.64. The van der Waals surface area contributed by atoms with Gasteiger partial charge in [-0.05, 0) is 74.1 Å². The average molecular weight is 426 g/mol. The van der Waals surface area contributed by atoms with Gasteiger partial charge in [-0.1, -0.05) is 12.1 Å². The third-order valence-corrected chi connectivity index (χ3v) is 7.70. The number of sulfonamides is 1. The molecule has 7 heteroatoms. The number of nitrogens with one attached hydrogen (secondary N) is 1. The van der Waals surface area contributed by atoms with Gasteiger partial charge in [0.1, 0.15) is 0 Å². The summed E-state index contributed by atoms with van der Waals surface area (Å²) < 4.78 is 27.4. The van der Waals surface area contributed by atoms with Crippen LogP contribution in [0, 0.1) is 6.92 Å². The van der Waals surface area contributed by atoms with Crippen LogP contribution in [0.3, 0.4) is 0 Å². The summed E-state index contributed by atoms with van der Waals surface area (Å²) in [6.45, 7) is 1.73. The van der Waals surface area contributed by atoms with Crippen LogP contribution < -0.4 is 4.90 Å². The van der Waals surface area contributed by atoms with E-state index >= 15 is 0 Å². The quantitative estimate of drug-likeness (QED) is 0.678. The Morgan fingerprint density at radius 3 is 2.60 bits per heavy atom. The van der Waals surface area contributed by atoms with Crippen LogP contribution in [0.4, 0.5) is 5.69 Å². The first-order valence-corrected chi connectivity index (χ1v) is 11.6. The number of H-pyrrole nitrogens is 1. The summed E-state index contributed by atoms with van der Waals surface area (Å²) >= 11 is 0. The van der Waals surface area contributed by atoms with Crippen LogP contribution in [0.1, 0.15) is 29.7 Å². The molecule has 1 aromatic heterocycles. The summed E-state index contributed by atoms with van der Waals surface area (Å²) in [7, 11) is -0.667. The molecule has 0 saturated carbocycles. The predicted molar refractivity (Wildman–Crippen MR) is 119 cm³/mol. The topological polar surface area (TPSA) is 73.5 Å². The largest absolute Gasteiger partial charge is 0.358 e. The van der Waals surface area contributed by atoms with Gasteiger partial charge in [0.05, 0.1) is 11.4 Å². The van der Waals surface area contributed by atoms with E-state index < -0.39 is 10.0 Å². The van der Waals surface area contributed by atoms with Crippen molar-refractivity contribution in [1.29, 1.82) is 0 Å². The maximum atomic E-state index is 13.2. The Balaban J connectivity index is 1.57. The van der Waals surface area contributed by atoms with Crippen LogP contribution in [-0.2, 0) is 27.7 Å². The van der Waals surface area contributed by atoms with Crippen molar-refractivity contribution in [3.63, 3.8) is 0 Å². The summed E-state index contributed by atoms with van der Waals surface area (Å²) in [5.41, 5.74) is 5.20. The summed E-state index contributed by atoms with van der Waals surface area (Å²) in [6.07, 6.45) is 4.25. The van der Waals surface area contributed by atoms with Crippen LogP contribution >= 0.6 is 0 Å². The Kier molecular flexibility index (Phi) is 5.42. The molecule has 1 aliphatic carbocycles. The molecule has 4 rings (SSSR count). The average Bonchev–Trinajstić information content (AvgIpc) is 3.11. The second-order valence-electron chi connectivity index (χ2n) is 8.05. The van der Waals surface area contributed by atoms with Gasteiger partial charge in [-0.3, -0.25) is 4.79 Å². The fraction of sp³-hybridized carbons (Fsp3) is 0.348. The lowest BCUT2D eigenvalue weighted by Gasteiger charge is -2.22. The Morgan fingerprint density at radius 1 is 1.07 bits per heavy atom. The molecule has 1 amide bonds. The van der Waals surface area contributed by atoms with E-state index in [1.165, 1.54) is 23.2 Å². The van der Waals surface area contributed by atoms with Crippen molar-refractivity contribution >= 4 is 32.5 Å². The minimum absolute atomic E-state index is 0.218. The molecule has 1 N–H and O–H groups in total. The molecule has 0 atom stereocenters. The van der Waals surface area contributed by atoms with Gasteiger partial charge in [0.15, 0.2) is 0 Å². The number of rotatable bonds is 5. The van der Waals surface area contributed by atoms with Crippen molar-refractivity contribution in [3.8, 4) is 0 Å². The summed E-state index contributed by atoms with van der Waals surface area (Å²) in [4.78, 5) is 17.9. The van der Waals surface area contributed by atoms with E-state index in [-0.39, 0.29) is 17.3 Å². The Bertz CT molecular complexity index is 1210. The lowest BCUT2D eigenvalue weighted by molar-refractivity contribution is -0.118. The van der Waals surface area contributed by atoms with Crippen molar-refractivity contribution < 1.29 is 13.2 Å². The molecule has 30 heavy (non-hydrogen) atoms. The summed E-state index contributed by atoms with van der Waals surface area (Å²) in [5, 5.41) is 0.974. The molecule has 0 spiro atoms. The van der Waals surface area contributed by atoms with Crippen LogP contribution in [-0.4, -0.2) is 44.3 Å². The SMILES string of the molecule is Cc1cccc(N(C)C(=O)CN(C)S(=O)(=O)c2ccc3[nH]c4c(c3c2)CCCC4)c1. The number of hydrogen-bond acceptors (Lipinski definition) is 3. The standard InChI is InChI=1S/C23H27N3O3S/c1-16-7-6-8-17(13-16)26(3)23(27)15-25(2)30(28,29)18-11-12-22-20(14-18)19-9-4-5-10-21(19)24-22/h6-8,11-14,24H,4-5,9-10,15H2,1-3H3. The minimum atomic E-state index is -3.78. The number of nitrogens with zero attached hydrogens (tertiary/aromatic N) is 2. The Morgan fingerprint density at radius 2 is 1.83 bits per heavy atom. The molecular weight excluding hydrogens is 398 g/mol. The summed E-state index contributed by atoms with van der Waals surface area (Å²) in [5.74, 6) is -0.285. The molecule has 0 unspecified atom stereocenters. The van der Waals surface area contributed by atoms with Crippen molar-refractivity contribution in [2.45, 2.75) is 37.5 Å². The maximum Gasteiger partial charge on any atom is 0.243 e. The lowest BCUT2D eigenvalue weighted by Crippen LogP contribution is -2.39. The normalized spacial score (nSPS) is 14.1. The van der Waals surface area contributed by atoms with Gasteiger partial charge in [-0.15, -0.1) is 0 Å². The molecule has 1 aliphatic rings. The highest BCUT2D eigenvalue weighted by Crippen LogP contribution is 2.31. The number of aromatic amines is 1. The zero-order chi connectivity index (χ0) is 21.5. The Labute approximate surface area is 177 Å². The third kappa shape index (κ3) is 3.75. The number of likely N-dealkylation sites (N-methyl/N-ethyl adjacent to an activating group) is 2. The van der Waals surface area contributed by atoms with E-state index in [1.807, 2.05) is 37.3 Å². The van der Waals surface area contributed by atoms with Gasteiger partial charge in [0.25, 0.3) is 0 Å². The highest BCUT2D eigenvalue weighted by molar-refractivity contribution is 7.89. The number of hydrogen-bond donors (Lipinski definition) is 1. The van der Waals surface area contributed by atoms with Gasteiger partial charge in [0.2, 0.25) is 15.9 Å². The fourth-order valence-corrected chi connectivity index (χ4v) is 5.23. The molecule has 0 saturated heterocycles. The number of carbonyl (C=O) groups is 1. The molecule has 158 valence electrons. The van der Waals surface area contributed by atoms with Crippen molar-refractivity contribution in [2.24, 2.45) is 0 Å². The number of aromatic nitrogens is 1. The van der Waals surface area contributed by atoms with E-state index in [0.717, 1.165) is 52.1 Å². The van der Waals surface area contributed by atoms with Gasteiger partial charge >= 0.3 is 0 Å². The second kappa shape index (κ2) is 7.89. The smallest absolute Gasteiger partial charge is 0.243 e. The van der Waals surface area contributed by atoms with E-state index in [2.05, 4.69) is 4.98 Å². The van der Waals surface area contributed by atoms with Crippen LogP contribution in [0.2, 0.25) is 0 Å². The van der Waals surface area contributed by atoms with E-state index in [1.54, 1.807) is 19.2 Å². The number of carbonyl (C=O) groups excluding carboxylic acids is 1. The second-order valence-corrected chi connectivity index (χ2v) is 10.1. The first kappa shape index (κ1) is 20.6. The maximum absolute atomic E-state index is 13.2. The highest BCUT2D eigenvalue weighted by Gasteiger charge is 2.26. The van der Waals surface area contributed by atoms with E-state index in [9.17, 15) is 13.2 Å². The summed E-state index contributed by atoms with van der Waals surface area (Å²) in [6, 6.07) is 12.8. The molecule has 1 heterocycles. The fourth-order valence-electron chi connectivity index (χ4n) is 4.09. The van der Waals surface area contributed by atoms with Gasteiger partial charge in [0, 0.05) is 36.4 Å². The molecule has 3 aromatic rings. The molecule has 2 aromatic carbocycles. The number of aryl methyl sites for hydroxylation is 3. The molecule has 0 radical (unpaired) electrons.